The molecule has 3 atom stereocenters. The number of carbonyl (C=O) groups is 1. The summed E-state index contributed by atoms with van der Waals surface area (Å²) in [6.45, 7) is 7.94. The Bertz CT molecular complexity index is 540. The Morgan fingerprint density at radius 1 is 1.30 bits per heavy atom. The largest absolute Gasteiger partial charge is 0.463 e. The van der Waals surface area contributed by atoms with Gasteiger partial charge < -0.3 is 18.9 Å². The molecule has 0 bridgehead atoms. The first-order valence-electron chi connectivity index (χ1n) is 9.92. The zero-order valence-corrected chi connectivity index (χ0v) is 16.6. The third-order valence-electron chi connectivity index (χ3n) is 5.10. The van der Waals surface area contributed by atoms with Crippen molar-refractivity contribution < 1.29 is 28.7 Å². The van der Waals surface area contributed by atoms with Crippen LogP contribution < -0.4 is 0 Å². The second kappa shape index (κ2) is 10.1. The lowest BCUT2D eigenvalue weighted by Crippen LogP contribution is -2.56. The van der Waals surface area contributed by atoms with E-state index < -0.39 is 30.3 Å². The Morgan fingerprint density at radius 3 is 2.48 bits per heavy atom. The second-order valence-electron chi connectivity index (χ2n) is 6.94. The molecule has 27 heavy (non-hydrogen) atoms. The van der Waals surface area contributed by atoms with Crippen molar-refractivity contribution in [3.63, 3.8) is 0 Å². The summed E-state index contributed by atoms with van der Waals surface area (Å²) in [5, 5.41) is 11.8. The quantitative estimate of drug-likeness (QED) is 0.323. The molecule has 0 radical (unpaired) electrons. The molecule has 8 heteroatoms. The molecule has 0 aromatic rings. The fourth-order valence-electron chi connectivity index (χ4n) is 3.58. The first-order valence-corrected chi connectivity index (χ1v) is 9.92. The third kappa shape index (κ3) is 5.27. The number of carbonyl (C=O) groups excluding carboxylic acids is 1. The summed E-state index contributed by atoms with van der Waals surface area (Å²) in [7, 11) is 0. The molecular formula is C19H31NO7. The lowest BCUT2D eigenvalue weighted by Gasteiger charge is -2.44. The van der Waals surface area contributed by atoms with Crippen LogP contribution in [0, 0.1) is 16.0 Å². The van der Waals surface area contributed by atoms with Gasteiger partial charge in [0, 0.05) is 16.9 Å². The van der Waals surface area contributed by atoms with Gasteiger partial charge in [0.1, 0.15) is 5.92 Å². The number of esters is 1. The highest BCUT2D eigenvalue weighted by molar-refractivity contribution is 5.88. The number of hydrogen-bond donors (Lipinski definition) is 0. The van der Waals surface area contributed by atoms with Crippen molar-refractivity contribution in [2.75, 3.05) is 6.61 Å². The zero-order chi connectivity index (χ0) is 20.0. The Balaban J connectivity index is 2.27. The lowest BCUT2D eigenvalue weighted by atomic mass is 9.81. The Hall–Kier alpha value is -1.51. The van der Waals surface area contributed by atoms with E-state index in [0.717, 1.165) is 25.7 Å². The molecule has 2 rings (SSSR count). The van der Waals surface area contributed by atoms with Crippen molar-refractivity contribution in [3.05, 3.63) is 21.8 Å². The van der Waals surface area contributed by atoms with Crippen molar-refractivity contribution in [1.82, 2.24) is 0 Å². The van der Waals surface area contributed by atoms with Gasteiger partial charge in [0.2, 0.25) is 6.04 Å². The summed E-state index contributed by atoms with van der Waals surface area (Å²) in [4.78, 5) is 23.6. The first kappa shape index (κ1) is 21.8. The molecule has 1 aliphatic carbocycles. The summed E-state index contributed by atoms with van der Waals surface area (Å²) in [5.41, 5.74) is 0.287. The topological polar surface area (TPSA) is 97.1 Å². The van der Waals surface area contributed by atoms with Crippen LogP contribution in [0.4, 0.5) is 0 Å². The van der Waals surface area contributed by atoms with Gasteiger partial charge in [0.05, 0.1) is 18.8 Å². The normalized spacial score (nSPS) is 30.6. The van der Waals surface area contributed by atoms with Crippen molar-refractivity contribution in [2.45, 2.75) is 90.6 Å². The molecule has 0 N–H and O–H groups in total. The number of ether oxygens (including phenoxy) is 4. The van der Waals surface area contributed by atoms with Gasteiger partial charge in [-0.25, -0.2) is 4.79 Å². The summed E-state index contributed by atoms with van der Waals surface area (Å²) >= 11 is 0. The molecule has 154 valence electrons. The minimum Gasteiger partial charge on any atom is -0.463 e. The molecule has 1 fully saturated rings. The van der Waals surface area contributed by atoms with Gasteiger partial charge in [0.25, 0.3) is 0 Å². The minimum absolute atomic E-state index is 0.0130. The number of hydrogen-bond acceptors (Lipinski definition) is 7. The van der Waals surface area contributed by atoms with Crippen LogP contribution in [-0.2, 0) is 23.7 Å². The van der Waals surface area contributed by atoms with Gasteiger partial charge in [-0.05, 0) is 32.3 Å². The van der Waals surface area contributed by atoms with Crippen LogP contribution in [-0.4, -0.2) is 48.3 Å². The van der Waals surface area contributed by atoms with Crippen LogP contribution in [0.15, 0.2) is 11.6 Å². The fraction of sp³-hybridized carbons (Fsp3) is 0.842. The Labute approximate surface area is 160 Å². The van der Waals surface area contributed by atoms with E-state index in [1.54, 1.807) is 13.0 Å². The molecule has 0 amide bonds. The highest BCUT2D eigenvalue weighted by Crippen LogP contribution is 2.39. The van der Waals surface area contributed by atoms with E-state index in [1.807, 2.05) is 20.8 Å². The van der Waals surface area contributed by atoms with E-state index in [0.29, 0.717) is 0 Å². The fourth-order valence-corrected chi connectivity index (χ4v) is 3.58. The maximum atomic E-state index is 12.2. The molecule has 2 aliphatic rings. The van der Waals surface area contributed by atoms with Crippen molar-refractivity contribution >= 4 is 5.97 Å². The van der Waals surface area contributed by atoms with Crippen LogP contribution in [0.25, 0.3) is 0 Å². The Morgan fingerprint density at radius 2 is 1.96 bits per heavy atom. The van der Waals surface area contributed by atoms with E-state index in [4.69, 9.17) is 18.9 Å². The maximum Gasteiger partial charge on any atom is 0.334 e. The Kier molecular flexibility index (Phi) is 8.19. The smallest absolute Gasteiger partial charge is 0.334 e. The zero-order valence-electron chi connectivity index (χ0n) is 16.6. The molecule has 0 spiro atoms. The summed E-state index contributed by atoms with van der Waals surface area (Å²) in [5.74, 6) is -1.13. The van der Waals surface area contributed by atoms with Crippen molar-refractivity contribution in [1.29, 1.82) is 0 Å². The predicted octanol–water partition coefficient (Wildman–Crippen LogP) is 3.21. The standard InChI is InChI=1S/C19H31NO7/c1-5-9-16-26-19(27-16)17-14(20(22)23)10-12(18(21)24-8-4)11-15(17)25-13(6-2)7-3/h11,13-17,19H,5-10H2,1-4H3/t14?,15-,16?,17-,19?/m1/s1. The van der Waals surface area contributed by atoms with Gasteiger partial charge >= 0.3 is 5.97 Å². The van der Waals surface area contributed by atoms with Crippen molar-refractivity contribution in [2.24, 2.45) is 5.92 Å². The van der Waals surface area contributed by atoms with Gasteiger partial charge in [-0.1, -0.05) is 27.2 Å². The van der Waals surface area contributed by atoms with Crippen LogP contribution in [0.3, 0.4) is 0 Å². The maximum absolute atomic E-state index is 12.2. The molecule has 1 saturated heterocycles. The molecule has 1 unspecified atom stereocenters. The molecule has 1 aliphatic heterocycles. The number of rotatable bonds is 10. The van der Waals surface area contributed by atoms with Crippen LogP contribution in [0.2, 0.25) is 0 Å². The molecule has 8 nitrogen and oxygen atoms in total. The molecule has 0 saturated carbocycles. The molecule has 1 heterocycles. The predicted molar refractivity (Wildman–Crippen MR) is 97.5 cm³/mol. The third-order valence-corrected chi connectivity index (χ3v) is 5.10. The summed E-state index contributed by atoms with van der Waals surface area (Å²) in [6, 6.07) is -1.03. The first-order chi connectivity index (χ1) is 12.9. The molecule has 0 aromatic heterocycles. The molecule has 0 aromatic carbocycles. The summed E-state index contributed by atoms with van der Waals surface area (Å²) in [6.07, 6.45) is 3.14. The SMILES string of the molecule is CCCC1OC([C@@H]2C([N+](=O)[O-])CC(C(=O)OCC)=C[C@H]2OC(CC)CC)O1. The summed E-state index contributed by atoms with van der Waals surface area (Å²) < 4.78 is 22.7. The molecular weight excluding hydrogens is 354 g/mol. The minimum atomic E-state index is -1.03. The van der Waals surface area contributed by atoms with E-state index >= 15 is 0 Å². The average Bonchev–Trinajstić information content (AvgIpc) is 2.62. The van der Waals surface area contributed by atoms with Crippen LogP contribution in [0.5, 0.6) is 0 Å². The average molecular weight is 385 g/mol. The van der Waals surface area contributed by atoms with E-state index in [2.05, 4.69) is 0 Å². The van der Waals surface area contributed by atoms with Crippen LogP contribution in [0.1, 0.15) is 59.8 Å². The van der Waals surface area contributed by atoms with Gasteiger partial charge in [-0.2, -0.15) is 0 Å². The van der Waals surface area contributed by atoms with Gasteiger partial charge in [-0.15, -0.1) is 0 Å². The van der Waals surface area contributed by atoms with Gasteiger partial charge in [-0.3, -0.25) is 10.1 Å². The van der Waals surface area contributed by atoms with E-state index in [-0.39, 0.29) is 35.9 Å². The number of nitro groups is 1. The highest BCUT2D eigenvalue weighted by atomic mass is 16.9. The van der Waals surface area contributed by atoms with Crippen LogP contribution >= 0.6 is 0 Å². The number of nitrogens with zero attached hydrogens (tertiary/aromatic N) is 1. The highest BCUT2D eigenvalue weighted by Gasteiger charge is 2.52. The van der Waals surface area contributed by atoms with Crippen molar-refractivity contribution in [3.8, 4) is 0 Å². The van der Waals surface area contributed by atoms with Gasteiger partial charge in [0.15, 0.2) is 12.6 Å². The van der Waals surface area contributed by atoms with E-state index in [9.17, 15) is 14.9 Å². The lowest BCUT2D eigenvalue weighted by molar-refractivity contribution is -0.552. The second-order valence-corrected chi connectivity index (χ2v) is 6.94. The monoisotopic (exact) mass is 385 g/mol. The van der Waals surface area contributed by atoms with E-state index in [1.165, 1.54) is 0 Å².